The Balaban J connectivity index is 1.71. The van der Waals surface area contributed by atoms with E-state index in [2.05, 4.69) is 40.7 Å². The first kappa shape index (κ1) is 18.9. The van der Waals surface area contributed by atoms with E-state index in [9.17, 15) is 4.79 Å². The fraction of sp³-hybridized carbons (Fsp3) is 0.526. The second kappa shape index (κ2) is 8.22. The van der Waals surface area contributed by atoms with Gasteiger partial charge in [-0.2, -0.15) is 0 Å². The summed E-state index contributed by atoms with van der Waals surface area (Å²) in [5, 5.41) is 9.50. The molecule has 1 fully saturated rings. The van der Waals surface area contributed by atoms with Gasteiger partial charge in [-0.05, 0) is 33.3 Å². The van der Waals surface area contributed by atoms with Crippen molar-refractivity contribution in [3.8, 4) is 11.4 Å². The molecule has 0 radical (unpaired) electrons. The van der Waals surface area contributed by atoms with E-state index in [-0.39, 0.29) is 18.1 Å². The monoisotopic (exact) mass is 374 g/mol. The number of aromatic nitrogens is 3. The molecule has 1 aliphatic rings. The minimum absolute atomic E-state index is 0.0830. The van der Waals surface area contributed by atoms with Gasteiger partial charge in [0.15, 0.2) is 11.0 Å². The van der Waals surface area contributed by atoms with Gasteiger partial charge in [0.2, 0.25) is 5.91 Å². The Morgan fingerprint density at radius 3 is 2.58 bits per heavy atom. The first-order chi connectivity index (χ1) is 12.5. The number of aryl methyl sites for hydroxylation is 1. The molecule has 1 amide bonds. The summed E-state index contributed by atoms with van der Waals surface area (Å²) in [7, 11) is 0. The summed E-state index contributed by atoms with van der Waals surface area (Å²) in [5.41, 5.74) is 2.24. The van der Waals surface area contributed by atoms with Gasteiger partial charge in [-0.3, -0.25) is 4.79 Å². The second-order valence-electron chi connectivity index (χ2n) is 6.71. The maximum absolute atomic E-state index is 12.6. The van der Waals surface area contributed by atoms with E-state index < -0.39 is 0 Å². The van der Waals surface area contributed by atoms with E-state index in [1.807, 2.05) is 30.9 Å². The molecule has 0 N–H and O–H groups in total. The van der Waals surface area contributed by atoms with Crippen LogP contribution in [0.2, 0.25) is 0 Å². The molecule has 0 aliphatic carbocycles. The topological polar surface area (TPSA) is 60.2 Å². The molecule has 2 aromatic rings. The lowest BCUT2D eigenvalue weighted by Crippen LogP contribution is -2.48. The average Bonchev–Trinajstić information content (AvgIpc) is 3.01. The highest BCUT2D eigenvalue weighted by Gasteiger charge is 2.26. The molecule has 1 aromatic carbocycles. The zero-order valence-corrected chi connectivity index (χ0v) is 16.6. The number of hydrogen-bond acceptors (Lipinski definition) is 5. The SMILES string of the molecule is CCn1c(SCC(=O)N2C[C@@H](C)O[C@H](C)C2)nnc1-c1ccccc1C. The third-order valence-electron chi connectivity index (χ3n) is 4.52. The molecule has 26 heavy (non-hydrogen) atoms. The van der Waals surface area contributed by atoms with Gasteiger partial charge in [-0.25, -0.2) is 0 Å². The molecule has 7 heteroatoms. The van der Waals surface area contributed by atoms with Crippen molar-refractivity contribution in [2.24, 2.45) is 0 Å². The average molecular weight is 375 g/mol. The number of ether oxygens (including phenoxy) is 1. The number of carbonyl (C=O) groups excluding carboxylic acids is 1. The van der Waals surface area contributed by atoms with Gasteiger partial charge >= 0.3 is 0 Å². The molecule has 1 saturated heterocycles. The molecule has 140 valence electrons. The van der Waals surface area contributed by atoms with E-state index in [0.29, 0.717) is 18.8 Å². The van der Waals surface area contributed by atoms with Crippen molar-refractivity contribution in [3.63, 3.8) is 0 Å². The highest BCUT2D eigenvalue weighted by atomic mass is 32.2. The van der Waals surface area contributed by atoms with Gasteiger partial charge in [0, 0.05) is 25.2 Å². The standard InChI is InChI=1S/C19H26N4O2S/c1-5-23-18(16-9-7-6-8-13(16)2)20-21-19(23)26-12-17(24)22-10-14(3)25-15(4)11-22/h6-9,14-15H,5,10-12H2,1-4H3/t14-,15-/m1/s1. The maximum atomic E-state index is 12.6. The lowest BCUT2D eigenvalue weighted by atomic mass is 10.1. The Hall–Kier alpha value is -1.86. The lowest BCUT2D eigenvalue weighted by molar-refractivity contribution is -0.140. The zero-order valence-electron chi connectivity index (χ0n) is 15.8. The van der Waals surface area contributed by atoms with Crippen molar-refractivity contribution in [1.82, 2.24) is 19.7 Å². The van der Waals surface area contributed by atoms with Crippen LogP contribution in [-0.2, 0) is 16.1 Å². The Kier molecular flexibility index (Phi) is 5.98. The van der Waals surface area contributed by atoms with Gasteiger partial charge in [0.1, 0.15) is 0 Å². The first-order valence-electron chi connectivity index (χ1n) is 9.04. The molecular formula is C19H26N4O2S. The smallest absolute Gasteiger partial charge is 0.233 e. The minimum Gasteiger partial charge on any atom is -0.372 e. The van der Waals surface area contributed by atoms with Gasteiger partial charge in [-0.1, -0.05) is 36.0 Å². The van der Waals surface area contributed by atoms with Crippen LogP contribution < -0.4 is 0 Å². The van der Waals surface area contributed by atoms with Gasteiger partial charge in [0.05, 0.1) is 18.0 Å². The molecule has 0 bridgehead atoms. The molecule has 3 rings (SSSR count). The normalized spacial score (nSPS) is 20.4. The van der Waals surface area contributed by atoms with Crippen LogP contribution >= 0.6 is 11.8 Å². The summed E-state index contributed by atoms with van der Waals surface area (Å²) in [6.45, 7) is 10.2. The lowest BCUT2D eigenvalue weighted by Gasteiger charge is -2.35. The Morgan fingerprint density at radius 2 is 1.92 bits per heavy atom. The van der Waals surface area contributed by atoms with Crippen molar-refractivity contribution in [2.45, 2.75) is 51.6 Å². The van der Waals surface area contributed by atoms with Crippen LogP contribution in [0.5, 0.6) is 0 Å². The maximum Gasteiger partial charge on any atom is 0.233 e. The molecule has 2 atom stereocenters. The van der Waals surface area contributed by atoms with E-state index in [0.717, 1.165) is 23.1 Å². The molecule has 1 aliphatic heterocycles. The number of benzene rings is 1. The summed E-state index contributed by atoms with van der Waals surface area (Å²) in [5.74, 6) is 1.35. The van der Waals surface area contributed by atoms with Crippen molar-refractivity contribution >= 4 is 17.7 Å². The summed E-state index contributed by atoms with van der Waals surface area (Å²) in [6, 6.07) is 8.15. The number of carbonyl (C=O) groups is 1. The fourth-order valence-electron chi connectivity index (χ4n) is 3.30. The predicted octanol–water partition coefficient (Wildman–Crippen LogP) is 3.00. The number of rotatable bonds is 5. The predicted molar refractivity (Wildman–Crippen MR) is 103 cm³/mol. The molecule has 2 heterocycles. The highest BCUT2D eigenvalue weighted by Crippen LogP contribution is 2.26. The Bertz CT molecular complexity index is 767. The fourth-order valence-corrected chi connectivity index (χ4v) is 4.21. The molecular weight excluding hydrogens is 348 g/mol. The third kappa shape index (κ3) is 4.10. The molecule has 0 saturated carbocycles. The van der Waals surface area contributed by atoms with Gasteiger partial charge < -0.3 is 14.2 Å². The molecule has 1 aromatic heterocycles. The quantitative estimate of drug-likeness (QED) is 0.753. The molecule has 0 spiro atoms. The van der Waals surface area contributed by atoms with Crippen LogP contribution in [0.15, 0.2) is 29.4 Å². The van der Waals surface area contributed by atoms with Crippen molar-refractivity contribution in [2.75, 3.05) is 18.8 Å². The number of morpholine rings is 1. The van der Waals surface area contributed by atoms with Crippen LogP contribution in [0.1, 0.15) is 26.3 Å². The summed E-state index contributed by atoms with van der Waals surface area (Å²) < 4.78 is 7.78. The summed E-state index contributed by atoms with van der Waals surface area (Å²) in [6.07, 6.45) is 0.166. The van der Waals surface area contributed by atoms with E-state index in [1.165, 1.54) is 17.3 Å². The van der Waals surface area contributed by atoms with E-state index in [4.69, 9.17) is 4.74 Å². The second-order valence-corrected chi connectivity index (χ2v) is 7.65. The molecule has 6 nitrogen and oxygen atoms in total. The number of nitrogens with zero attached hydrogens (tertiary/aromatic N) is 4. The first-order valence-corrected chi connectivity index (χ1v) is 10.0. The van der Waals surface area contributed by atoms with Crippen molar-refractivity contribution in [3.05, 3.63) is 29.8 Å². The zero-order chi connectivity index (χ0) is 18.7. The molecule has 0 unspecified atom stereocenters. The summed E-state index contributed by atoms with van der Waals surface area (Å²) in [4.78, 5) is 14.5. The number of hydrogen-bond donors (Lipinski definition) is 0. The van der Waals surface area contributed by atoms with E-state index >= 15 is 0 Å². The number of thioether (sulfide) groups is 1. The summed E-state index contributed by atoms with van der Waals surface area (Å²) >= 11 is 1.45. The van der Waals surface area contributed by atoms with Crippen LogP contribution in [-0.4, -0.2) is 56.6 Å². The highest BCUT2D eigenvalue weighted by molar-refractivity contribution is 7.99. The largest absolute Gasteiger partial charge is 0.372 e. The van der Waals surface area contributed by atoms with Crippen LogP contribution in [0.4, 0.5) is 0 Å². The van der Waals surface area contributed by atoms with Crippen LogP contribution in [0, 0.1) is 6.92 Å². The minimum atomic E-state index is 0.0830. The van der Waals surface area contributed by atoms with Crippen molar-refractivity contribution < 1.29 is 9.53 Å². The third-order valence-corrected chi connectivity index (χ3v) is 5.47. The van der Waals surface area contributed by atoms with Gasteiger partial charge in [0.25, 0.3) is 0 Å². The van der Waals surface area contributed by atoms with Gasteiger partial charge in [-0.15, -0.1) is 10.2 Å². The van der Waals surface area contributed by atoms with E-state index in [1.54, 1.807) is 0 Å². The number of amides is 1. The van der Waals surface area contributed by atoms with Crippen LogP contribution in [0.3, 0.4) is 0 Å². The Morgan fingerprint density at radius 1 is 1.23 bits per heavy atom. The Labute approximate surface area is 158 Å². The van der Waals surface area contributed by atoms with Crippen LogP contribution in [0.25, 0.3) is 11.4 Å². The van der Waals surface area contributed by atoms with Crippen molar-refractivity contribution in [1.29, 1.82) is 0 Å².